The smallest absolute Gasteiger partial charge is 0.407 e. The number of carbonyl (C=O) groups excluding carboxylic acids is 1. The molecule has 0 aromatic carbocycles. The fourth-order valence-corrected chi connectivity index (χ4v) is 2.58. The Morgan fingerprint density at radius 2 is 2.12 bits per heavy atom. The third-order valence-corrected chi connectivity index (χ3v) is 3.66. The summed E-state index contributed by atoms with van der Waals surface area (Å²) in [5.41, 5.74) is -0.140. The molecular formula is C16H21ClN4O4. The Labute approximate surface area is 150 Å². The predicted octanol–water partition coefficient (Wildman–Crippen LogP) is 3.26. The van der Waals surface area contributed by atoms with Crippen molar-refractivity contribution in [3.63, 3.8) is 0 Å². The molecule has 0 radical (unpaired) electrons. The molecule has 2 aromatic rings. The van der Waals surface area contributed by atoms with Crippen LogP contribution in [0.1, 0.15) is 50.6 Å². The van der Waals surface area contributed by atoms with Crippen molar-refractivity contribution in [1.29, 1.82) is 0 Å². The lowest BCUT2D eigenvalue weighted by atomic mass is 10.2. The van der Waals surface area contributed by atoms with Crippen LogP contribution in [0.2, 0.25) is 5.28 Å². The van der Waals surface area contributed by atoms with Crippen LogP contribution in [0.15, 0.2) is 12.3 Å². The van der Waals surface area contributed by atoms with Gasteiger partial charge in [0, 0.05) is 18.1 Å². The van der Waals surface area contributed by atoms with Crippen molar-refractivity contribution in [2.45, 2.75) is 45.8 Å². The standard InChI is InChI=1S/C16H21ClN4O4/c1-5-10(8-19-15(24)25-16(2,3)4)21-11(13(22)23)6-9-7-18-14(17)20-12(9)21/h6-7,10H,5,8H2,1-4H3,(H,19,24)(H,22,23)/t10-/m0/s1. The summed E-state index contributed by atoms with van der Waals surface area (Å²) in [6.45, 7) is 7.39. The highest BCUT2D eigenvalue weighted by atomic mass is 35.5. The van der Waals surface area contributed by atoms with Gasteiger partial charge < -0.3 is 19.7 Å². The third-order valence-electron chi connectivity index (χ3n) is 3.48. The number of nitrogens with one attached hydrogen (secondary N) is 1. The molecule has 2 rings (SSSR count). The Morgan fingerprint density at radius 3 is 2.68 bits per heavy atom. The molecule has 0 aliphatic heterocycles. The minimum Gasteiger partial charge on any atom is -0.477 e. The van der Waals surface area contributed by atoms with E-state index in [4.69, 9.17) is 16.3 Å². The molecule has 0 spiro atoms. The van der Waals surface area contributed by atoms with Crippen LogP contribution in [-0.4, -0.2) is 43.8 Å². The lowest BCUT2D eigenvalue weighted by Crippen LogP contribution is -2.36. The van der Waals surface area contributed by atoms with E-state index >= 15 is 0 Å². The van der Waals surface area contributed by atoms with Crippen molar-refractivity contribution in [3.8, 4) is 0 Å². The third kappa shape index (κ3) is 4.60. The average Bonchev–Trinajstić information content (AvgIpc) is 2.85. The molecule has 2 heterocycles. The fourth-order valence-electron chi connectivity index (χ4n) is 2.45. The molecule has 0 unspecified atom stereocenters. The highest BCUT2D eigenvalue weighted by Gasteiger charge is 2.23. The lowest BCUT2D eigenvalue weighted by molar-refractivity contribution is 0.0520. The predicted molar refractivity (Wildman–Crippen MR) is 93.1 cm³/mol. The van der Waals surface area contributed by atoms with E-state index in [1.54, 1.807) is 25.3 Å². The van der Waals surface area contributed by atoms with Gasteiger partial charge in [0.15, 0.2) is 0 Å². The van der Waals surface area contributed by atoms with E-state index in [1.807, 2.05) is 6.92 Å². The molecular weight excluding hydrogens is 348 g/mol. The molecule has 8 nitrogen and oxygen atoms in total. The molecule has 2 aromatic heterocycles. The first-order valence-corrected chi connectivity index (χ1v) is 8.23. The van der Waals surface area contributed by atoms with E-state index in [0.29, 0.717) is 17.5 Å². The van der Waals surface area contributed by atoms with Crippen molar-refractivity contribution in [3.05, 3.63) is 23.2 Å². The summed E-state index contributed by atoms with van der Waals surface area (Å²) in [7, 11) is 0. The molecule has 25 heavy (non-hydrogen) atoms. The second-order valence-electron chi connectivity index (χ2n) is 6.57. The van der Waals surface area contributed by atoms with Crippen LogP contribution in [-0.2, 0) is 4.74 Å². The lowest BCUT2D eigenvalue weighted by Gasteiger charge is -2.23. The number of hydrogen-bond acceptors (Lipinski definition) is 5. The normalized spacial score (nSPS) is 12.8. The number of halogens is 1. The summed E-state index contributed by atoms with van der Waals surface area (Å²) in [4.78, 5) is 31.5. The highest BCUT2D eigenvalue weighted by molar-refractivity contribution is 6.28. The quantitative estimate of drug-likeness (QED) is 0.784. The first kappa shape index (κ1) is 19.0. The molecule has 0 saturated carbocycles. The van der Waals surface area contributed by atoms with E-state index in [0.717, 1.165) is 0 Å². The maximum atomic E-state index is 11.9. The van der Waals surface area contributed by atoms with Gasteiger partial charge in [-0.05, 0) is 44.9 Å². The number of amides is 1. The zero-order valence-corrected chi connectivity index (χ0v) is 15.3. The Kier molecular flexibility index (Phi) is 5.52. The van der Waals surface area contributed by atoms with Gasteiger partial charge in [0.25, 0.3) is 0 Å². The van der Waals surface area contributed by atoms with Gasteiger partial charge in [-0.3, -0.25) is 0 Å². The molecule has 0 bridgehead atoms. The van der Waals surface area contributed by atoms with Gasteiger partial charge in [-0.2, -0.15) is 4.98 Å². The Hall–Kier alpha value is -2.35. The molecule has 0 aliphatic rings. The Bertz CT molecular complexity index is 797. The summed E-state index contributed by atoms with van der Waals surface area (Å²) >= 11 is 5.85. The van der Waals surface area contributed by atoms with Gasteiger partial charge in [0.05, 0.1) is 6.04 Å². The van der Waals surface area contributed by atoms with Gasteiger partial charge in [0.1, 0.15) is 16.9 Å². The summed E-state index contributed by atoms with van der Waals surface area (Å²) in [5.74, 6) is -1.09. The molecule has 1 amide bonds. The number of ether oxygens (including phenoxy) is 1. The molecule has 0 saturated heterocycles. The molecule has 136 valence electrons. The highest BCUT2D eigenvalue weighted by Crippen LogP contribution is 2.25. The van der Waals surface area contributed by atoms with Crippen LogP contribution < -0.4 is 5.32 Å². The first-order chi connectivity index (χ1) is 11.6. The van der Waals surface area contributed by atoms with Gasteiger partial charge in [-0.15, -0.1) is 0 Å². The summed E-state index contributed by atoms with van der Waals surface area (Å²) in [6, 6.07) is 1.16. The second kappa shape index (κ2) is 7.26. The van der Waals surface area contributed by atoms with Crippen LogP contribution >= 0.6 is 11.6 Å². The van der Waals surface area contributed by atoms with Crippen LogP contribution in [0.25, 0.3) is 11.0 Å². The minimum absolute atomic E-state index is 0.0266. The van der Waals surface area contributed by atoms with E-state index in [1.165, 1.54) is 12.3 Å². The van der Waals surface area contributed by atoms with Crippen molar-refractivity contribution in [2.75, 3.05) is 6.54 Å². The van der Waals surface area contributed by atoms with Crippen LogP contribution in [0.3, 0.4) is 0 Å². The van der Waals surface area contributed by atoms with Gasteiger partial charge in [0.2, 0.25) is 5.28 Å². The topological polar surface area (TPSA) is 106 Å². The second-order valence-corrected chi connectivity index (χ2v) is 6.91. The van der Waals surface area contributed by atoms with E-state index in [2.05, 4.69) is 15.3 Å². The molecule has 9 heteroatoms. The van der Waals surface area contributed by atoms with Gasteiger partial charge >= 0.3 is 12.1 Å². The average molecular weight is 369 g/mol. The number of nitrogens with zero attached hydrogens (tertiary/aromatic N) is 3. The number of aromatic nitrogens is 3. The van der Waals surface area contributed by atoms with Gasteiger partial charge in [-0.25, -0.2) is 14.6 Å². The number of hydrogen-bond donors (Lipinski definition) is 2. The van der Waals surface area contributed by atoms with Crippen molar-refractivity contribution >= 4 is 34.7 Å². The fraction of sp³-hybridized carbons (Fsp3) is 0.500. The first-order valence-electron chi connectivity index (χ1n) is 7.86. The number of carbonyl (C=O) groups is 2. The zero-order chi connectivity index (χ0) is 18.8. The van der Waals surface area contributed by atoms with Crippen molar-refractivity contribution in [2.24, 2.45) is 0 Å². The summed E-state index contributed by atoms with van der Waals surface area (Å²) in [5, 5.41) is 12.8. The van der Waals surface area contributed by atoms with Gasteiger partial charge in [-0.1, -0.05) is 6.92 Å². The van der Waals surface area contributed by atoms with Crippen LogP contribution in [0, 0.1) is 0 Å². The number of rotatable bonds is 5. The number of carboxylic acid groups (broad SMARTS) is 1. The minimum atomic E-state index is -1.09. The van der Waals surface area contributed by atoms with E-state index in [9.17, 15) is 14.7 Å². The number of carboxylic acids is 1. The van der Waals surface area contributed by atoms with Crippen LogP contribution in [0.5, 0.6) is 0 Å². The monoisotopic (exact) mass is 368 g/mol. The number of fused-ring (bicyclic) bond motifs is 1. The van der Waals surface area contributed by atoms with E-state index < -0.39 is 17.7 Å². The number of alkyl carbamates (subject to hydrolysis) is 1. The van der Waals surface area contributed by atoms with E-state index in [-0.39, 0.29) is 23.6 Å². The molecule has 1 atom stereocenters. The number of aromatic carboxylic acids is 1. The maximum Gasteiger partial charge on any atom is 0.407 e. The zero-order valence-electron chi connectivity index (χ0n) is 14.5. The van der Waals surface area contributed by atoms with Crippen LogP contribution in [0.4, 0.5) is 4.79 Å². The SMILES string of the molecule is CC[C@@H](CNC(=O)OC(C)(C)C)n1c(C(=O)O)cc2cnc(Cl)nc21. The Balaban J connectivity index is 2.33. The summed E-state index contributed by atoms with van der Waals surface area (Å²) in [6.07, 6.45) is 1.48. The summed E-state index contributed by atoms with van der Waals surface area (Å²) < 4.78 is 6.77. The molecule has 0 fully saturated rings. The maximum absolute atomic E-state index is 11.9. The molecule has 2 N–H and O–H groups in total. The van der Waals surface area contributed by atoms with Crippen molar-refractivity contribution in [1.82, 2.24) is 19.9 Å². The Morgan fingerprint density at radius 1 is 1.44 bits per heavy atom. The van der Waals surface area contributed by atoms with Crippen molar-refractivity contribution < 1.29 is 19.4 Å². The molecule has 0 aliphatic carbocycles. The largest absolute Gasteiger partial charge is 0.477 e.